The van der Waals surface area contributed by atoms with Crippen LogP contribution in [0.4, 0.5) is 22.0 Å². The van der Waals surface area contributed by atoms with E-state index in [0.29, 0.717) is 11.6 Å². The Morgan fingerprint density at radius 1 is 1.15 bits per heavy atom. The highest BCUT2D eigenvalue weighted by Gasteiger charge is 2.45. The lowest BCUT2D eigenvalue weighted by molar-refractivity contribution is -0.136. The minimum Gasteiger partial charge on any atom is -0.320 e. The van der Waals surface area contributed by atoms with E-state index in [0.717, 1.165) is 41.1 Å². The van der Waals surface area contributed by atoms with E-state index in [1.165, 1.54) is 17.0 Å². The van der Waals surface area contributed by atoms with Crippen molar-refractivity contribution in [2.24, 2.45) is 13.0 Å². The molecule has 6 rings (SSSR count). The first-order valence-corrected chi connectivity index (χ1v) is 12.9. The number of rotatable bonds is 7. The third-order valence-corrected chi connectivity index (χ3v) is 7.97. The van der Waals surface area contributed by atoms with Gasteiger partial charge in [-0.25, -0.2) is 13.6 Å². The van der Waals surface area contributed by atoms with E-state index in [-0.39, 0.29) is 36.4 Å². The van der Waals surface area contributed by atoms with E-state index in [9.17, 15) is 26.7 Å². The van der Waals surface area contributed by atoms with Crippen LogP contribution in [0.15, 0.2) is 53.8 Å². The van der Waals surface area contributed by atoms with Gasteiger partial charge in [0.1, 0.15) is 12.2 Å². The number of hydrogen-bond acceptors (Lipinski definition) is 4. The first-order chi connectivity index (χ1) is 18.5. The van der Waals surface area contributed by atoms with Crippen molar-refractivity contribution in [1.29, 1.82) is 0 Å². The molecular formula is C27H27F5N6O. The van der Waals surface area contributed by atoms with E-state index in [4.69, 9.17) is 0 Å². The first-order valence-electron chi connectivity index (χ1n) is 12.9. The molecule has 2 fully saturated rings. The third kappa shape index (κ3) is 4.75. The monoisotopic (exact) mass is 546 g/mol. The van der Waals surface area contributed by atoms with Gasteiger partial charge in [-0.2, -0.15) is 13.2 Å². The minimum atomic E-state index is -4.72. The average Bonchev–Trinajstić information content (AvgIpc) is 3.40. The number of hydrogen-bond donors (Lipinski definition) is 1. The lowest BCUT2D eigenvalue weighted by Crippen LogP contribution is -2.48. The van der Waals surface area contributed by atoms with Gasteiger partial charge in [0, 0.05) is 50.8 Å². The van der Waals surface area contributed by atoms with Crippen LogP contribution in [0, 0.1) is 5.92 Å². The van der Waals surface area contributed by atoms with Crippen molar-refractivity contribution >= 4 is 5.52 Å². The number of fused-ring (bicyclic) bond motifs is 1. The fourth-order valence-corrected chi connectivity index (χ4v) is 5.67. The minimum absolute atomic E-state index is 0.0544. The number of nitrogens with one attached hydrogen (secondary N) is 1. The second kappa shape index (κ2) is 9.29. The summed E-state index contributed by atoms with van der Waals surface area (Å²) in [6.45, 7) is -0.0619. The Labute approximate surface area is 220 Å². The van der Waals surface area contributed by atoms with Crippen molar-refractivity contribution in [3.05, 3.63) is 82.1 Å². The summed E-state index contributed by atoms with van der Waals surface area (Å²) in [5.74, 6) is -1.64. The van der Waals surface area contributed by atoms with Crippen LogP contribution in [0.3, 0.4) is 0 Å². The van der Waals surface area contributed by atoms with Gasteiger partial charge in [-0.3, -0.25) is 8.97 Å². The molecule has 1 N–H and O–H groups in total. The maximum atomic E-state index is 14.1. The molecule has 2 saturated carbocycles. The number of alkyl halides is 5. The largest absolute Gasteiger partial charge is 0.418 e. The van der Waals surface area contributed by atoms with Crippen molar-refractivity contribution in [2.45, 2.75) is 62.7 Å². The van der Waals surface area contributed by atoms with Gasteiger partial charge in [0.25, 0.3) is 5.92 Å². The molecule has 1 atom stereocenters. The first kappa shape index (κ1) is 25.7. The number of nitrogens with zero attached hydrogens (tertiary/aromatic N) is 5. The highest BCUT2D eigenvalue weighted by Crippen LogP contribution is 2.43. The number of aromatic nitrogens is 5. The second-order valence-electron chi connectivity index (χ2n) is 10.7. The van der Waals surface area contributed by atoms with Crippen LogP contribution in [0.2, 0.25) is 0 Å². The highest BCUT2D eigenvalue weighted by molar-refractivity contribution is 5.58. The summed E-state index contributed by atoms with van der Waals surface area (Å²) < 4.78 is 72.6. The summed E-state index contributed by atoms with van der Waals surface area (Å²) in [6.07, 6.45) is 1.92. The average molecular weight is 547 g/mol. The third-order valence-electron chi connectivity index (χ3n) is 7.97. The standard InChI is InChI=1S/C27H27F5N6O/c1-36-15-34-35-24(36)23(17-4-2-5-17)18-6-3-7-20(9-18)37-14-22-21(27(30,31)32)8-16(13-38(22)25(37)39)12-33-19-10-26(28,29)11-19/h3,6-9,13-15,17,19,23,33H,2,4-5,10-12H2,1H3/t23-/m1/s1. The molecule has 0 bridgehead atoms. The molecule has 2 aliphatic rings. The Morgan fingerprint density at radius 3 is 2.54 bits per heavy atom. The SMILES string of the molecule is Cn1cnnc1[C@@H](c1cccc(-n2cc3c(C(F)(F)F)cc(CNC4CC(F)(F)C4)cn3c2=O)c1)C1CCC1. The van der Waals surface area contributed by atoms with Gasteiger partial charge >= 0.3 is 11.9 Å². The van der Waals surface area contributed by atoms with Gasteiger partial charge in [0.05, 0.1) is 16.8 Å². The van der Waals surface area contributed by atoms with E-state index in [2.05, 4.69) is 15.5 Å². The lowest BCUT2D eigenvalue weighted by atomic mass is 9.72. The summed E-state index contributed by atoms with van der Waals surface area (Å²) in [5.41, 5.74) is -0.347. The number of imidazole rings is 1. The number of pyridine rings is 1. The summed E-state index contributed by atoms with van der Waals surface area (Å²) in [6, 6.07) is 7.73. The van der Waals surface area contributed by atoms with Gasteiger partial charge in [-0.1, -0.05) is 18.6 Å². The molecule has 1 aromatic carbocycles. The Hall–Kier alpha value is -3.54. The molecule has 39 heavy (non-hydrogen) atoms. The van der Waals surface area contributed by atoms with Crippen molar-refractivity contribution in [3.8, 4) is 5.69 Å². The molecule has 0 spiro atoms. The van der Waals surface area contributed by atoms with Crippen molar-refractivity contribution < 1.29 is 22.0 Å². The molecular weight excluding hydrogens is 519 g/mol. The van der Waals surface area contributed by atoms with Crippen LogP contribution in [-0.4, -0.2) is 35.7 Å². The Morgan fingerprint density at radius 2 is 1.92 bits per heavy atom. The van der Waals surface area contributed by atoms with Crippen molar-refractivity contribution in [2.75, 3.05) is 0 Å². The van der Waals surface area contributed by atoms with Crippen molar-refractivity contribution in [3.63, 3.8) is 0 Å². The van der Waals surface area contributed by atoms with Gasteiger partial charge in [-0.15, -0.1) is 10.2 Å². The number of halogens is 5. The van der Waals surface area contributed by atoms with Crippen LogP contribution in [0.1, 0.15) is 60.5 Å². The zero-order valence-corrected chi connectivity index (χ0v) is 21.1. The zero-order chi connectivity index (χ0) is 27.5. The summed E-state index contributed by atoms with van der Waals surface area (Å²) in [4.78, 5) is 13.4. The molecule has 0 saturated heterocycles. The number of benzene rings is 1. The van der Waals surface area contributed by atoms with Gasteiger partial charge in [0.2, 0.25) is 0 Å². The van der Waals surface area contributed by atoms with Crippen LogP contribution < -0.4 is 11.0 Å². The van der Waals surface area contributed by atoms with Crippen molar-refractivity contribution in [1.82, 2.24) is 29.0 Å². The predicted octanol–water partition coefficient (Wildman–Crippen LogP) is 5.06. The predicted molar refractivity (Wildman–Crippen MR) is 133 cm³/mol. The second-order valence-corrected chi connectivity index (χ2v) is 10.7. The summed E-state index contributed by atoms with van der Waals surface area (Å²) >= 11 is 0. The molecule has 0 radical (unpaired) electrons. The van der Waals surface area contributed by atoms with Gasteiger partial charge < -0.3 is 9.88 Å². The maximum absolute atomic E-state index is 14.1. The Kier molecular flexibility index (Phi) is 6.12. The molecule has 206 valence electrons. The molecule has 3 heterocycles. The summed E-state index contributed by atoms with van der Waals surface area (Å²) in [5, 5.41) is 11.2. The zero-order valence-electron chi connectivity index (χ0n) is 21.1. The Balaban J connectivity index is 1.39. The van der Waals surface area contributed by atoms with Crippen LogP contribution in [-0.2, 0) is 19.8 Å². The quantitative estimate of drug-likeness (QED) is 0.329. The Bertz CT molecular complexity index is 1570. The molecule has 3 aromatic heterocycles. The number of aryl methyl sites for hydroxylation is 1. The molecule has 4 aromatic rings. The van der Waals surface area contributed by atoms with E-state index >= 15 is 0 Å². The molecule has 0 unspecified atom stereocenters. The van der Waals surface area contributed by atoms with Gasteiger partial charge in [0.15, 0.2) is 0 Å². The lowest BCUT2D eigenvalue weighted by Gasteiger charge is -2.35. The molecule has 2 aliphatic carbocycles. The van der Waals surface area contributed by atoms with E-state index in [1.54, 1.807) is 18.5 Å². The smallest absolute Gasteiger partial charge is 0.320 e. The maximum Gasteiger partial charge on any atom is 0.418 e. The van der Waals surface area contributed by atoms with Crippen LogP contribution in [0.25, 0.3) is 11.2 Å². The molecule has 7 nitrogen and oxygen atoms in total. The van der Waals surface area contributed by atoms with Gasteiger partial charge in [-0.05, 0) is 48.1 Å². The van der Waals surface area contributed by atoms with Crippen LogP contribution in [0.5, 0.6) is 0 Å². The molecule has 0 aliphatic heterocycles. The molecule has 0 amide bonds. The summed E-state index contributed by atoms with van der Waals surface area (Å²) in [7, 11) is 1.87. The van der Waals surface area contributed by atoms with Crippen LogP contribution >= 0.6 is 0 Å². The fourth-order valence-electron chi connectivity index (χ4n) is 5.67. The van der Waals surface area contributed by atoms with E-state index in [1.807, 2.05) is 23.7 Å². The molecule has 12 heteroatoms. The normalized spacial score (nSPS) is 18.7. The highest BCUT2D eigenvalue weighted by atomic mass is 19.4. The van der Waals surface area contributed by atoms with E-state index < -0.39 is 29.4 Å². The topological polar surface area (TPSA) is 69.2 Å². The fraction of sp³-hybridized carbons (Fsp3) is 0.444.